The second kappa shape index (κ2) is 7.79. The van der Waals surface area contributed by atoms with Crippen molar-refractivity contribution in [3.63, 3.8) is 0 Å². The van der Waals surface area contributed by atoms with Gasteiger partial charge in [0.2, 0.25) is 0 Å². The van der Waals surface area contributed by atoms with E-state index in [-0.39, 0.29) is 27.1 Å². The lowest BCUT2D eigenvalue weighted by atomic mass is 10.1. The predicted octanol–water partition coefficient (Wildman–Crippen LogP) is 3.16. The fraction of sp³-hybridized carbons (Fsp3) is 0.278. The number of halogens is 3. The van der Waals surface area contributed by atoms with Crippen LogP contribution in [0.3, 0.4) is 0 Å². The van der Waals surface area contributed by atoms with Crippen LogP contribution in [-0.4, -0.2) is 51.3 Å². The van der Waals surface area contributed by atoms with E-state index in [0.717, 1.165) is 6.07 Å². The maximum Gasteiger partial charge on any atom is 0.258 e. The molecule has 3 aromatic rings. The number of rotatable bonds is 3. The normalized spacial score (nSPS) is 15.3. The third-order valence-corrected chi connectivity index (χ3v) is 6.00. The molecular weight excluding hydrogens is 426 g/mol. The van der Waals surface area contributed by atoms with Crippen LogP contribution in [0.2, 0.25) is 10.0 Å². The summed E-state index contributed by atoms with van der Waals surface area (Å²) in [5.41, 5.74) is 0.708. The lowest BCUT2D eigenvalue weighted by molar-refractivity contribution is 0.0627. The van der Waals surface area contributed by atoms with Crippen molar-refractivity contribution in [1.82, 2.24) is 19.2 Å². The minimum Gasteiger partial charge on any atom is -0.336 e. The monoisotopic (exact) mass is 440 g/mol. The summed E-state index contributed by atoms with van der Waals surface area (Å²) in [5, 5.41) is 1.84. The minimum absolute atomic E-state index is 0.102. The molecule has 3 heterocycles. The van der Waals surface area contributed by atoms with E-state index >= 15 is 0 Å². The highest BCUT2D eigenvalue weighted by atomic mass is 35.5. The maximum absolute atomic E-state index is 13.7. The molecule has 0 bridgehead atoms. The summed E-state index contributed by atoms with van der Waals surface area (Å²) in [5.74, 6) is -0.994. The van der Waals surface area contributed by atoms with Crippen molar-refractivity contribution in [3.05, 3.63) is 67.2 Å². The van der Waals surface area contributed by atoms with E-state index in [2.05, 4.69) is 9.88 Å². The van der Waals surface area contributed by atoms with E-state index in [1.54, 1.807) is 11.1 Å². The summed E-state index contributed by atoms with van der Waals surface area (Å²) in [6.07, 6.45) is 1.70. The van der Waals surface area contributed by atoms with Crippen molar-refractivity contribution in [2.24, 2.45) is 0 Å². The Morgan fingerprint density at radius 2 is 1.89 bits per heavy atom. The molecule has 1 fully saturated rings. The van der Waals surface area contributed by atoms with E-state index < -0.39 is 5.82 Å². The SMILES string of the molecule is O=C(c1cc(F)c(Cl)cc1Cl)N1CCN(Cc2cc(=O)n3ccsc3n2)CC1. The van der Waals surface area contributed by atoms with Crippen LogP contribution in [0.1, 0.15) is 16.1 Å². The molecule has 1 saturated heterocycles. The lowest BCUT2D eigenvalue weighted by Gasteiger charge is -2.34. The standard InChI is InChI=1S/C18H15Cl2FN4O2S/c19-13-9-14(20)15(21)8-12(13)17(27)24-3-1-23(2-4-24)10-11-7-16(26)25-5-6-28-18(25)22-11/h5-9H,1-4,10H2. The van der Waals surface area contributed by atoms with E-state index in [4.69, 9.17) is 23.2 Å². The Morgan fingerprint density at radius 3 is 2.64 bits per heavy atom. The van der Waals surface area contributed by atoms with Crippen LogP contribution in [0.4, 0.5) is 4.39 Å². The number of hydrogen-bond donors (Lipinski definition) is 0. The zero-order chi connectivity index (χ0) is 19.8. The van der Waals surface area contributed by atoms with Crippen LogP contribution in [0.15, 0.2) is 34.6 Å². The van der Waals surface area contributed by atoms with E-state index in [9.17, 15) is 14.0 Å². The Morgan fingerprint density at radius 1 is 1.14 bits per heavy atom. The van der Waals surface area contributed by atoms with Gasteiger partial charge in [0, 0.05) is 50.4 Å². The Kier molecular flexibility index (Phi) is 5.37. The molecular formula is C18H15Cl2FN4O2S. The van der Waals surface area contributed by atoms with Crippen molar-refractivity contribution in [3.8, 4) is 0 Å². The summed E-state index contributed by atoms with van der Waals surface area (Å²) in [7, 11) is 0. The van der Waals surface area contributed by atoms with Crippen molar-refractivity contribution in [2.75, 3.05) is 26.2 Å². The lowest BCUT2D eigenvalue weighted by Crippen LogP contribution is -2.48. The Balaban J connectivity index is 1.42. The number of aromatic nitrogens is 2. The Labute approximate surface area is 173 Å². The maximum atomic E-state index is 13.7. The van der Waals surface area contributed by atoms with Gasteiger partial charge in [0.15, 0.2) is 4.96 Å². The van der Waals surface area contributed by atoms with Crippen molar-refractivity contribution >= 4 is 45.4 Å². The molecule has 2 aromatic heterocycles. The number of piperazine rings is 1. The average molecular weight is 441 g/mol. The molecule has 1 aromatic carbocycles. The number of carbonyl (C=O) groups excluding carboxylic acids is 1. The van der Waals surface area contributed by atoms with Crippen LogP contribution in [0.5, 0.6) is 0 Å². The molecule has 4 rings (SSSR count). The predicted molar refractivity (Wildman–Crippen MR) is 107 cm³/mol. The van der Waals surface area contributed by atoms with E-state index in [1.165, 1.54) is 27.9 Å². The van der Waals surface area contributed by atoms with Gasteiger partial charge in [-0.15, -0.1) is 11.3 Å². The van der Waals surface area contributed by atoms with Crippen LogP contribution in [0, 0.1) is 5.82 Å². The van der Waals surface area contributed by atoms with Gasteiger partial charge in [-0.05, 0) is 12.1 Å². The van der Waals surface area contributed by atoms with Gasteiger partial charge in [-0.25, -0.2) is 9.37 Å². The number of nitrogens with zero attached hydrogens (tertiary/aromatic N) is 4. The van der Waals surface area contributed by atoms with Gasteiger partial charge in [0.1, 0.15) is 5.82 Å². The quantitative estimate of drug-likeness (QED) is 0.586. The average Bonchev–Trinajstić information content (AvgIpc) is 3.14. The molecule has 0 N–H and O–H groups in total. The summed E-state index contributed by atoms with van der Waals surface area (Å²) >= 11 is 13.2. The van der Waals surface area contributed by atoms with Crippen LogP contribution in [-0.2, 0) is 6.54 Å². The van der Waals surface area contributed by atoms with E-state index in [0.29, 0.717) is 43.4 Å². The molecule has 146 valence electrons. The first kappa shape index (κ1) is 19.3. The van der Waals surface area contributed by atoms with Gasteiger partial charge in [0.25, 0.3) is 11.5 Å². The van der Waals surface area contributed by atoms with Crippen LogP contribution >= 0.6 is 34.5 Å². The molecule has 0 atom stereocenters. The highest BCUT2D eigenvalue weighted by Crippen LogP contribution is 2.25. The van der Waals surface area contributed by atoms with Gasteiger partial charge in [-0.2, -0.15) is 0 Å². The van der Waals surface area contributed by atoms with Gasteiger partial charge < -0.3 is 4.90 Å². The number of fused-ring (bicyclic) bond motifs is 1. The molecule has 0 unspecified atom stereocenters. The third kappa shape index (κ3) is 3.77. The molecule has 28 heavy (non-hydrogen) atoms. The van der Waals surface area contributed by atoms with Crippen molar-refractivity contribution < 1.29 is 9.18 Å². The van der Waals surface area contributed by atoms with Crippen LogP contribution in [0.25, 0.3) is 4.96 Å². The summed E-state index contributed by atoms with van der Waals surface area (Å²) < 4.78 is 15.2. The highest BCUT2D eigenvalue weighted by Gasteiger charge is 2.25. The number of amides is 1. The topological polar surface area (TPSA) is 57.9 Å². The summed E-state index contributed by atoms with van der Waals surface area (Å²) in [4.78, 5) is 33.7. The summed E-state index contributed by atoms with van der Waals surface area (Å²) in [6, 6.07) is 3.85. The fourth-order valence-electron chi connectivity index (χ4n) is 3.16. The Hall–Kier alpha value is -2.00. The Bertz CT molecular complexity index is 1110. The molecule has 1 aliphatic rings. The first-order valence-electron chi connectivity index (χ1n) is 8.54. The zero-order valence-electron chi connectivity index (χ0n) is 14.6. The first-order chi connectivity index (χ1) is 13.4. The second-order valence-corrected chi connectivity index (χ2v) is 8.14. The van der Waals surface area contributed by atoms with Gasteiger partial charge in [-0.3, -0.25) is 18.9 Å². The van der Waals surface area contributed by atoms with Gasteiger partial charge in [-0.1, -0.05) is 23.2 Å². The fourth-order valence-corrected chi connectivity index (χ4v) is 4.37. The summed E-state index contributed by atoms with van der Waals surface area (Å²) in [6.45, 7) is 2.71. The molecule has 6 nitrogen and oxygen atoms in total. The molecule has 0 spiro atoms. The smallest absolute Gasteiger partial charge is 0.258 e. The minimum atomic E-state index is -0.672. The molecule has 1 amide bonds. The molecule has 1 aliphatic heterocycles. The van der Waals surface area contributed by atoms with E-state index in [1.807, 2.05) is 5.38 Å². The highest BCUT2D eigenvalue weighted by molar-refractivity contribution is 7.15. The number of carbonyl (C=O) groups is 1. The van der Waals surface area contributed by atoms with Crippen molar-refractivity contribution in [2.45, 2.75) is 6.54 Å². The first-order valence-corrected chi connectivity index (χ1v) is 10.2. The zero-order valence-corrected chi connectivity index (χ0v) is 16.9. The number of thiazole rings is 1. The molecule has 0 radical (unpaired) electrons. The van der Waals surface area contributed by atoms with Crippen molar-refractivity contribution in [1.29, 1.82) is 0 Å². The molecule has 0 aliphatic carbocycles. The number of hydrogen-bond acceptors (Lipinski definition) is 5. The second-order valence-electron chi connectivity index (χ2n) is 6.46. The molecule has 10 heteroatoms. The van der Waals surface area contributed by atoms with Gasteiger partial charge in [0.05, 0.1) is 21.3 Å². The largest absolute Gasteiger partial charge is 0.336 e. The number of benzene rings is 1. The third-order valence-electron chi connectivity index (χ3n) is 4.64. The van der Waals surface area contributed by atoms with Crippen LogP contribution < -0.4 is 5.56 Å². The van der Waals surface area contributed by atoms with Gasteiger partial charge >= 0.3 is 0 Å². The molecule has 0 saturated carbocycles.